The molecule has 5 nitrogen and oxygen atoms in total. The van der Waals surface area contributed by atoms with E-state index in [4.69, 9.17) is 21.0 Å². The third-order valence-electron chi connectivity index (χ3n) is 4.84. The van der Waals surface area contributed by atoms with E-state index >= 15 is 0 Å². The van der Waals surface area contributed by atoms with Crippen molar-refractivity contribution in [1.29, 1.82) is 0 Å². The van der Waals surface area contributed by atoms with Crippen LogP contribution in [0.2, 0.25) is 5.02 Å². The fourth-order valence-electron chi connectivity index (χ4n) is 3.46. The summed E-state index contributed by atoms with van der Waals surface area (Å²) >= 11 is 6.06. The van der Waals surface area contributed by atoms with Crippen LogP contribution in [0, 0.1) is 6.92 Å². The van der Waals surface area contributed by atoms with Crippen molar-refractivity contribution in [2.24, 2.45) is 7.05 Å². The molecular formula is C20H14ClN3O2. The first-order valence-electron chi connectivity index (χ1n) is 8.20. The summed E-state index contributed by atoms with van der Waals surface area (Å²) in [5.74, 6) is 0. The molecule has 0 saturated carbocycles. The van der Waals surface area contributed by atoms with Gasteiger partial charge in [0.15, 0.2) is 16.7 Å². The summed E-state index contributed by atoms with van der Waals surface area (Å²) in [7, 11) is 1.91. The van der Waals surface area contributed by atoms with E-state index < -0.39 is 0 Å². The molecule has 5 aromatic rings. The zero-order valence-electron chi connectivity index (χ0n) is 14.1. The number of aromatic nitrogens is 3. The Labute approximate surface area is 152 Å². The molecule has 0 atom stereocenters. The fraction of sp³-hybridized carbons (Fsp3) is 0.100. The number of hydrogen-bond donors (Lipinski definition) is 1. The van der Waals surface area contributed by atoms with Gasteiger partial charge in [-0.05, 0) is 36.8 Å². The van der Waals surface area contributed by atoms with Crippen LogP contribution in [-0.4, -0.2) is 14.8 Å². The largest absolute Gasteiger partial charge is 0.453 e. The Kier molecular flexibility index (Phi) is 3.06. The van der Waals surface area contributed by atoms with Crippen LogP contribution in [0.15, 0.2) is 51.8 Å². The van der Waals surface area contributed by atoms with Gasteiger partial charge in [-0.2, -0.15) is 0 Å². The van der Waals surface area contributed by atoms with Gasteiger partial charge in [0, 0.05) is 40.2 Å². The molecule has 6 heteroatoms. The van der Waals surface area contributed by atoms with Crippen LogP contribution in [0.5, 0.6) is 0 Å². The van der Waals surface area contributed by atoms with Gasteiger partial charge in [0.05, 0.1) is 0 Å². The number of halogens is 1. The standard InChI is InChI=1S/C20H14ClN3O2/c1-10-15(25)8-7-13-17-19(26-18(10)13)16(11-3-5-12(21)6-4-11)14-9-22-24(2)20(14)23-17/h3-9,22H,1-2H3. The lowest BCUT2D eigenvalue weighted by Crippen LogP contribution is -2.01. The Hall–Kier alpha value is -3.05. The number of pyridine rings is 1. The van der Waals surface area contributed by atoms with Crippen LogP contribution in [-0.2, 0) is 7.05 Å². The molecule has 0 fully saturated rings. The molecule has 3 aromatic heterocycles. The van der Waals surface area contributed by atoms with Crippen LogP contribution in [0.25, 0.3) is 44.2 Å². The number of hydrogen-bond acceptors (Lipinski definition) is 3. The number of furan rings is 1. The minimum atomic E-state index is -0.0394. The van der Waals surface area contributed by atoms with Crippen LogP contribution in [0.4, 0.5) is 0 Å². The molecule has 128 valence electrons. The number of nitrogens with zero attached hydrogens (tertiary/aromatic N) is 2. The highest BCUT2D eigenvalue weighted by Gasteiger charge is 2.20. The summed E-state index contributed by atoms with van der Waals surface area (Å²) in [5.41, 5.74) is 5.29. The number of aromatic amines is 1. The molecule has 0 aliphatic heterocycles. The number of fused-ring (bicyclic) bond motifs is 4. The third-order valence-corrected chi connectivity index (χ3v) is 5.09. The van der Waals surface area contributed by atoms with Crippen molar-refractivity contribution >= 4 is 44.7 Å². The maximum absolute atomic E-state index is 12.0. The fourth-order valence-corrected chi connectivity index (χ4v) is 3.59. The molecule has 0 aliphatic rings. The van der Waals surface area contributed by atoms with Gasteiger partial charge in [-0.1, -0.05) is 23.7 Å². The second kappa shape index (κ2) is 5.22. The van der Waals surface area contributed by atoms with Crippen LogP contribution < -0.4 is 5.43 Å². The van der Waals surface area contributed by atoms with Gasteiger partial charge < -0.3 is 9.52 Å². The summed E-state index contributed by atoms with van der Waals surface area (Å²) in [6, 6.07) is 11.0. The van der Waals surface area contributed by atoms with E-state index in [2.05, 4.69) is 5.10 Å². The van der Waals surface area contributed by atoms with Gasteiger partial charge >= 0.3 is 0 Å². The van der Waals surface area contributed by atoms with Crippen molar-refractivity contribution in [3.8, 4) is 11.1 Å². The smallest absolute Gasteiger partial charge is 0.185 e. The van der Waals surface area contributed by atoms with Gasteiger partial charge in [0.25, 0.3) is 0 Å². The maximum atomic E-state index is 12.0. The second-order valence-electron chi connectivity index (χ2n) is 6.41. The van der Waals surface area contributed by atoms with Crippen molar-refractivity contribution in [3.63, 3.8) is 0 Å². The van der Waals surface area contributed by atoms with Crippen LogP contribution in [0.1, 0.15) is 5.56 Å². The monoisotopic (exact) mass is 363 g/mol. The maximum Gasteiger partial charge on any atom is 0.185 e. The highest BCUT2D eigenvalue weighted by Crippen LogP contribution is 2.39. The van der Waals surface area contributed by atoms with Gasteiger partial charge in [-0.15, -0.1) is 0 Å². The third kappa shape index (κ3) is 1.98. The number of nitrogens with one attached hydrogen (secondary N) is 1. The van der Waals surface area contributed by atoms with Gasteiger partial charge in [-0.3, -0.25) is 9.48 Å². The molecule has 0 spiro atoms. The number of aryl methyl sites for hydroxylation is 2. The Morgan fingerprint density at radius 3 is 2.62 bits per heavy atom. The summed E-state index contributed by atoms with van der Waals surface area (Å²) in [5, 5.41) is 5.63. The van der Waals surface area contributed by atoms with E-state index in [9.17, 15) is 4.79 Å². The van der Waals surface area contributed by atoms with E-state index in [-0.39, 0.29) is 5.43 Å². The Morgan fingerprint density at radius 2 is 1.85 bits per heavy atom. The molecule has 0 saturated heterocycles. The zero-order chi connectivity index (χ0) is 18.0. The molecule has 1 N–H and O–H groups in total. The number of benzene rings is 2. The van der Waals surface area contributed by atoms with Crippen molar-refractivity contribution in [1.82, 2.24) is 14.8 Å². The van der Waals surface area contributed by atoms with Crippen molar-refractivity contribution in [2.75, 3.05) is 0 Å². The molecule has 0 unspecified atom stereocenters. The van der Waals surface area contributed by atoms with E-state index in [0.29, 0.717) is 21.8 Å². The quantitative estimate of drug-likeness (QED) is 0.465. The van der Waals surface area contributed by atoms with Crippen LogP contribution in [0.3, 0.4) is 0 Å². The SMILES string of the molecule is Cc1c(=O)ccc2c1oc1c(-c3ccc(Cl)cc3)c3c[nH]n(C)c3nc12. The number of rotatable bonds is 1. The van der Waals surface area contributed by atoms with E-state index in [1.54, 1.807) is 19.1 Å². The zero-order valence-corrected chi connectivity index (χ0v) is 14.9. The van der Waals surface area contributed by atoms with Crippen LogP contribution >= 0.6 is 11.6 Å². The first-order valence-corrected chi connectivity index (χ1v) is 8.58. The summed E-state index contributed by atoms with van der Waals surface area (Å²) in [4.78, 5) is 16.8. The minimum absolute atomic E-state index is 0.0394. The highest BCUT2D eigenvalue weighted by molar-refractivity contribution is 6.30. The molecule has 0 radical (unpaired) electrons. The molecule has 3 heterocycles. The van der Waals surface area contributed by atoms with Crippen molar-refractivity contribution in [2.45, 2.75) is 6.92 Å². The first kappa shape index (κ1) is 15.2. The Morgan fingerprint density at radius 1 is 1.08 bits per heavy atom. The number of H-pyrrole nitrogens is 1. The molecule has 0 aliphatic carbocycles. The van der Waals surface area contributed by atoms with E-state index in [0.717, 1.165) is 33.1 Å². The van der Waals surface area contributed by atoms with Gasteiger partial charge in [0.1, 0.15) is 11.1 Å². The molecule has 0 bridgehead atoms. The average Bonchev–Trinajstić information content (AvgIpc) is 3.19. The summed E-state index contributed by atoms with van der Waals surface area (Å²) in [6.45, 7) is 1.78. The molecular weight excluding hydrogens is 350 g/mol. The van der Waals surface area contributed by atoms with Gasteiger partial charge in [-0.25, -0.2) is 4.98 Å². The van der Waals surface area contributed by atoms with E-state index in [1.807, 2.05) is 42.2 Å². The minimum Gasteiger partial charge on any atom is -0.453 e. The predicted molar refractivity (Wildman–Crippen MR) is 104 cm³/mol. The molecule has 2 aromatic carbocycles. The van der Waals surface area contributed by atoms with Crippen molar-refractivity contribution < 1.29 is 4.42 Å². The normalized spacial score (nSPS) is 11.8. The first-order chi connectivity index (χ1) is 12.5. The lowest BCUT2D eigenvalue weighted by Gasteiger charge is -2.05. The second-order valence-corrected chi connectivity index (χ2v) is 6.85. The average molecular weight is 364 g/mol. The molecule has 26 heavy (non-hydrogen) atoms. The highest BCUT2D eigenvalue weighted by atomic mass is 35.5. The predicted octanol–water partition coefficient (Wildman–Crippen LogP) is 4.79. The summed E-state index contributed by atoms with van der Waals surface area (Å²) < 4.78 is 8.04. The lowest BCUT2D eigenvalue weighted by molar-refractivity contribution is 0.666. The Balaban J connectivity index is 2.04. The topological polar surface area (TPSA) is 63.8 Å². The summed E-state index contributed by atoms with van der Waals surface area (Å²) in [6.07, 6.45) is 1.91. The van der Waals surface area contributed by atoms with Crippen molar-refractivity contribution in [3.05, 3.63) is 63.4 Å². The molecule has 0 amide bonds. The lowest BCUT2D eigenvalue weighted by atomic mass is 10.0. The molecule has 5 rings (SSSR count). The van der Waals surface area contributed by atoms with Gasteiger partial charge in [0.2, 0.25) is 0 Å². The Bertz CT molecular complexity index is 1370. The van der Waals surface area contributed by atoms with E-state index in [1.165, 1.54) is 0 Å².